The maximum Gasteiger partial charge on any atom is 0.222 e. The largest absolute Gasteiger partial charge is 0.481 e. The number of ether oxygens (including phenoxy) is 1. The van der Waals surface area contributed by atoms with Crippen LogP contribution in [0.2, 0.25) is 0 Å². The predicted molar refractivity (Wildman–Crippen MR) is 103 cm³/mol. The summed E-state index contributed by atoms with van der Waals surface area (Å²) in [5.41, 5.74) is 9.31. The molecule has 0 amide bonds. The van der Waals surface area contributed by atoms with Gasteiger partial charge >= 0.3 is 0 Å². The summed E-state index contributed by atoms with van der Waals surface area (Å²) in [7, 11) is 1.54. The van der Waals surface area contributed by atoms with Crippen LogP contribution in [0.1, 0.15) is 49.6 Å². The lowest BCUT2D eigenvalue weighted by molar-refractivity contribution is 0.206. The number of methoxy groups -OCH3 is 1. The second-order valence-corrected chi connectivity index (χ2v) is 6.85. The fourth-order valence-corrected chi connectivity index (χ4v) is 2.87. The smallest absolute Gasteiger partial charge is 0.222 e. The summed E-state index contributed by atoms with van der Waals surface area (Å²) in [5.74, 6) is 0.573. The predicted octanol–water partition coefficient (Wildman–Crippen LogP) is 4.60. The van der Waals surface area contributed by atoms with E-state index < -0.39 is 11.7 Å². The monoisotopic (exact) mass is 381 g/mol. The van der Waals surface area contributed by atoms with E-state index in [2.05, 4.69) is 30.0 Å². The Morgan fingerprint density at radius 2 is 2.00 bits per heavy atom. The van der Waals surface area contributed by atoms with E-state index in [9.17, 15) is 4.39 Å². The first kappa shape index (κ1) is 19.4. The molecule has 28 heavy (non-hydrogen) atoms. The zero-order chi connectivity index (χ0) is 20.3. The Labute approximate surface area is 161 Å². The molecule has 144 valence electrons. The minimum atomic E-state index is -1.62. The van der Waals surface area contributed by atoms with Crippen molar-refractivity contribution < 1.29 is 9.13 Å². The topological polar surface area (TPSA) is 110 Å². The lowest BCUT2D eigenvalue weighted by atomic mass is 10.0. The molecular formula is C19H20FN7O. The molecule has 0 radical (unpaired) electrons. The number of pyridine rings is 2. The first-order chi connectivity index (χ1) is 13.3. The van der Waals surface area contributed by atoms with Gasteiger partial charge in [0, 0.05) is 35.6 Å². The van der Waals surface area contributed by atoms with Gasteiger partial charge < -0.3 is 4.74 Å². The molecular weight excluding hydrogens is 361 g/mol. The van der Waals surface area contributed by atoms with Gasteiger partial charge in [-0.3, -0.25) is 4.98 Å². The summed E-state index contributed by atoms with van der Waals surface area (Å²) in [6.45, 7) is 4.63. The molecule has 0 N–H and O–H groups in total. The molecule has 1 unspecified atom stereocenters. The number of halogens is 1. The van der Waals surface area contributed by atoms with Gasteiger partial charge in [0.05, 0.1) is 24.2 Å². The van der Waals surface area contributed by atoms with Crippen LogP contribution in [0.25, 0.3) is 21.2 Å². The minimum absolute atomic E-state index is 0.134. The highest BCUT2D eigenvalue weighted by atomic mass is 19.1. The normalized spacial score (nSPS) is 12.5. The summed E-state index contributed by atoms with van der Waals surface area (Å²) in [4.78, 5) is 19.9. The average Bonchev–Trinajstić information content (AvgIpc) is 2.66. The maximum absolute atomic E-state index is 14.1. The van der Waals surface area contributed by atoms with Crippen molar-refractivity contribution in [3.05, 3.63) is 63.9 Å². The number of azide groups is 1. The average molecular weight is 381 g/mol. The van der Waals surface area contributed by atoms with Gasteiger partial charge in [0.25, 0.3) is 0 Å². The molecule has 0 fully saturated rings. The molecule has 0 saturated carbocycles. The van der Waals surface area contributed by atoms with E-state index in [0.717, 1.165) is 22.0 Å². The quantitative estimate of drug-likeness (QED) is 0.352. The molecule has 3 heterocycles. The zero-order valence-electron chi connectivity index (χ0n) is 16.1. The van der Waals surface area contributed by atoms with Crippen LogP contribution < -0.4 is 4.74 Å². The summed E-state index contributed by atoms with van der Waals surface area (Å²) < 4.78 is 19.5. The molecule has 3 rings (SSSR count). The number of rotatable bonds is 6. The summed E-state index contributed by atoms with van der Waals surface area (Å²) in [5, 5.41) is 5.32. The Bertz CT molecular complexity index is 1060. The first-order valence-electron chi connectivity index (χ1n) is 8.70. The summed E-state index contributed by atoms with van der Waals surface area (Å²) in [6.07, 6.45) is 5.26. The fraction of sp³-hybridized carbons (Fsp3) is 0.368. The Morgan fingerprint density at radius 3 is 2.68 bits per heavy atom. The van der Waals surface area contributed by atoms with Crippen LogP contribution in [0.5, 0.6) is 5.88 Å². The molecule has 0 aliphatic carbocycles. The molecule has 3 aromatic rings. The highest BCUT2D eigenvalue weighted by Gasteiger charge is 2.22. The van der Waals surface area contributed by atoms with E-state index in [1.807, 2.05) is 6.07 Å². The molecule has 0 aliphatic heterocycles. The van der Waals surface area contributed by atoms with Gasteiger partial charge in [-0.05, 0) is 42.5 Å². The molecule has 3 aromatic heterocycles. The molecule has 0 aromatic carbocycles. The third kappa shape index (κ3) is 3.99. The van der Waals surface area contributed by atoms with Crippen LogP contribution in [0.15, 0.2) is 35.8 Å². The van der Waals surface area contributed by atoms with Crippen LogP contribution in [0.3, 0.4) is 0 Å². The Balaban J connectivity index is 2.06. The molecule has 0 spiro atoms. The van der Waals surface area contributed by atoms with Gasteiger partial charge in [0.15, 0.2) is 11.5 Å². The summed E-state index contributed by atoms with van der Waals surface area (Å²) in [6, 6.07) is 3.22. The van der Waals surface area contributed by atoms with Crippen LogP contribution in [0, 0.1) is 0 Å². The lowest BCUT2D eigenvalue weighted by Gasteiger charge is -2.14. The number of aromatic nitrogens is 4. The van der Waals surface area contributed by atoms with Crippen LogP contribution in [-0.4, -0.2) is 27.0 Å². The number of alkyl halides is 1. The van der Waals surface area contributed by atoms with Gasteiger partial charge in [0.2, 0.25) is 5.88 Å². The van der Waals surface area contributed by atoms with Gasteiger partial charge in [0.1, 0.15) is 0 Å². The fourth-order valence-electron chi connectivity index (χ4n) is 2.87. The maximum atomic E-state index is 14.1. The van der Waals surface area contributed by atoms with Gasteiger partial charge in [-0.1, -0.05) is 12.0 Å². The van der Waals surface area contributed by atoms with Crippen LogP contribution >= 0.6 is 0 Å². The Morgan fingerprint density at radius 1 is 1.21 bits per heavy atom. The van der Waals surface area contributed by atoms with Gasteiger partial charge in [-0.15, -0.1) is 0 Å². The second-order valence-electron chi connectivity index (χ2n) is 6.85. The van der Waals surface area contributed by atoms with Gasteiger partial charge in [-0.25, -0.2) is 19.3 Å². The third-order valence-corrected chi connectivity index (χ3v) is 4.30. The molecule has 8 nitrogen and oxygen atoms in total. The number of hydrogen-bond acceptors (Lipinski definition) is 6. The van der Waals surface area contributed by atoms with Crippen molar-refractivity contribution in [1.82, 2.24) is 19.9 Å². The highest BCUT2D eigenvalue weighted by Crippen LogP contribution is 2.31. The van der Waals surface area contributed by atoms with Crippen LogP contribution in [0.4, 0.5) is 4.39 Å². The molecule has 0 bridgehead atoms. The van der Waals surface area contributed by atoms with Crippen molar-refractivity contribution in [1.29, 1.82) is 0 Å². The second kappa shape index (κ2) is 7.74. The van der Waals surface area contributed by atoms with Crippen molar-refractivity contribution in [3.63, 3.8) is 0 Å². The Kier molecular flexibility index (Phi) is 5.37. The number of nitrogens with zero attached hydrogens (tertiary/aromatic N) is 7. The Hall–Kier alpha value is -3.32. The van der Waals surface area contributed by atoms with Crippen molar-refractivity contribution in [2.45, 2.75) is 38.9 Å². The van der Waals surface area contributed by atoms with E-state index in [1.54, 1.807) is 31.6 Å². The van der Waals surface area contributed by atoms with E-state index in [4.69, 9.17) is 10.3 Å². The van der Waals surface area contributed by atoms with E-state index >= 15 is 0 Å². The molecule has 0 aliphatic rings. The standard InChI is InChI=1S/C19H20FN7O/c1-11(26-27-21)15-9-24-17(28-4)16-10-23-13(8-14(15)16)7-12-5-6-22-18(25-12)19(2,3)20/h5-6,8-11H,7H2,1-4H3. The summed E-state index contributed by atoms with van der Waals surface area (Å²) >= 11 is 0. The van der Waals surface area contributed by atoms with Gasteiger partial charge in [-0.2, -0.15) is 0 Å². The van der Waals surface area contributed by atoms with E-state index in [0.29, 0.717) is 18.0 Å². The van der Waals surface area contributed by atoms with Crippen LogP contribution in [-0.2, 0) is 12.1 Å². The molecule has 1 atom stereocenters. The SMILES string of the molecule is COc1ncc(C(C)N=[N+]=[N-])c2cc(Cc3ccnc(C(C)(C)F)n3)ncc12. The van der Waals surface area contributed by atoms with Crippen molar-refractivity contribution in [3.8, 4) is 5.88 Å². The third-order valence-electron chi connectivity index (χ3n) is 4.30. The van der Waals surface area contributed by atoms with Crippen molar-refractivity contribution >= 4 is 10.8 Å². The number of fused-ring (bicyclic) bond motifs is 1. The lowest BCUT2D eigenvalue weighted by Crippen LogP contribution is -2.15. The van der Waals surface area contributed by atoms with E-state index in [1.165, 1.54) is 21.0 Å². The molecule has 9 heteroatoms. The number of hydrogen-bond donors (Lipinski definition) is 0. The minimum Gasteiger partial charge on any atom is -0.481 e. The van der Waals surface area contributed by atoms with E-state index in [-0.39, 0.29) is 5.82 Å². The first-order valence-corrected chi connectivity index (χ1v) is 8.70. The molecule has 0 saturated heterocycles. The highest BCUT2D eigenvalue weighted by molar-refractivity contribution is 5.89. The van der Waals surface area contributed by atoms with Crippen molar-refractivity contribution in [2.24, 2.45) is 5.11 Å². The zero-order valence-corrected chi connectivity index (χ0v) is 16.1. The van der Waals surface area contributed by atoms with Crippen molar-refractivity contribution in [2.75, 3.05) is 7.11 Å².